The largest absolute Gasteiger partial charge is 0.310 e. The second-order valence-electron chi connectivity index (χ2n) is 10.5. The lowest BCUT2D eigenvalue weighted by atomic mass is 10.1. The summed E-state index contributed by atoms with van der Waals surface area (Å²) >= 11 is 0. The fourth-order valence-corrected chi connectivity index (χ4v) is 6.58. The smallest absolute Gasteiger partial charge is 0.206 e. The maximum atomic E-state index is 13.4. The van der Waals surface area contributed by atoms with Gasteiger partial charge in [0, 0.05) is 28.1 Å². The number of aromatic nitrogens is 3. The normalized spacial score (nSPS) is 11.2. The van der Waals surface area contributed by atoms with Crippen LogP contribution in [-0.2, 0) is 9.84 Å². The van der Waals surface area contributed by atoms with Crippen LogP contribution in [0.4, 0.5) is 17.1 Å². The Bertz CT molecular complexity index is 2140. The van der Waals surface area contributed by atoms with Crippen molar-refractivity contribution in [3.63, 3.8) is 0 Å². The molecular formula is C39H28N4O2S. The SMILES string of the molecule is O=S(=O)(c1ccccc1)c1ccc(N(c2ccccc2)c2ccccc2-c2nc(-c3ccccc3)nc(-c3ccccc3)n2)cc1. The molecule has 0 radical (unpaired) electrons. The molecule has 0 aliphatic rings. The molecular weight excluding hydrogens is 589 g/mol. The average Bonchev–Trinajstić information content (AvgIpc) is 3.13. The Hall–Kier alpha value is -5.92. The van der Waals surface area contributed by atoms with E-state index in [1.54, 1.807) is 42.5 Å². The van der Waals surface area contributed by atoms with E-state index in [0.29, 0.717) is 17.5 Å². The fraction of sp³-hybridized carbons (Fsp3) is 0. The zero-order chi connectivity index (χ0) is 31.3. The Balaban J connectivity index is 1.38. The molecule has 7 aromatic rings. The van der Waals surface area contributed by atoms with Crippen molar-refractivity contribution in [2.75, 3.05) is 4.90 Å². The first-order valence-electron chi connectivity index (χ1n) is 14.8. The van der Waals surface area contributed by atoms with Crippen LogP contribution in [0.1, 0.15) is 0 Å². The van der Waals surface area contributed by atoms with E-state index in [0.717, 1.165) is 33.8 Å². The van der Waals surface area contributed by atoms with Crippen LogP contribution in [0, 0.1) is 0 Å². The molecule has 0 aliphatic carbocycles. The molecule has 46 heavy (non-hydrogen) atoms. The average molecular weight is 617 g/mol. The van der Waals surface area contributed by atoms with Gasteiger partial charge in [-0.3, -0.25) is 0 Å². The van der Waals surface area contributed by atoms with Crippen molar-refractivity contribution in [1.29, 1.82) is 0 Å². The van der Waals surface area contributed by atoms with Gasteiger partial charge in [0.05, 0.1) is 15.5 Å². The molecule has 0 aliphatic heterocycles. The monoisotopic (exact) mass is 616 g/mol. The summed E-state index contributed by atoms with van der Waals surface area (Å²) in [6.45, 7) is 0. The second kappa shape index (κ2) is 12.6. The number of rotatable bonds is 8. The van der Waals surface area contributed by atoms with E-state index in [4.69, 9.17) is 15.0 Å². The van der Waals surface area contributed by atoms with E-state index < -0.39 is 9.84 Å². The Morgan fingerprint density at radius 1 is 0.391 bits per heavy atom. The third kappa shape index (κ3) is 5.79. The maximum Gasteiger partial charge on any atom is 0.206 e. The van der Waals surface area contributed by atoms with Gasteiger partial charge in [0.1, 0.15) is 0 Å². The third-order valence-corrected chi connectivity index (χ3v) is 9.34. The summed E-state index contributed by atoms with van der Waals surface area (Å²) in [7, 11) is -3.67. The van der Waals surface area contributed by atoms with E-state index in [1.165, 1.54) is 0 Å². The maximum absolute atomic E-state index is 13.4. The molecule has 6 nitrogen and oxygen atoms in total. The topological polar surface area (TPSA) is 76.1 Å². The van der Waals surface area contributed by atoms with Crippen LogP contribution in [0.15, 0.2) is 180 Å². The molecule has 1 heterocycles. The van der Waals surface area contributed by atoms with Gasteiger partial charge in [-0.2, -0.15) is 0 Å². The van der Waals surface area contributed by atoms with Gasteiger partial charge in [-0.25, -0.2) is 23.4 Å². The molecule has 0 unspecified atom stereocenters. The van der Waals surface area contributed by atoms with Gasteiger partial charge in [0.2, 0.25) is 9.84 Å². The number of sulfone groups is 1. The summed E-state index contributed by atoms with van der Waals surface area (Å²) in [5.41, 5.74) is 5.08. The molecule has 222 valence electrons. The summed E-state index contributed by atoms with van der Waals surface area (Å²) in [6, 6.07) is 53.1. The molecule has 0 saturated carbocycles. The van der Waals surface area contributed by atoms with E-state index in [1.807, 2.05) is 127 Å². The number of benzene rings is 6. The highest BCUT2D eigenvalue weighted by Crippen LogP contribution is 2.40. The molecule has 0 saturated heterocycles. The minimum absolute atomic E-state index is 0.223. The predicted octanol–water partition coefficient (Wildman–Crippen LogP) is 9.18. The first-order chi connectivity index (χ1) is 22.6. The summed E-state index contributed by atoms with van der Waals surface area (Å²) in [6.07, 6.45) is 0. The lowest BCUT2D eigenvalue weighted by molar-refractivity contribution is 0.596. The van der Waals surface area contributed by atoms with Crippen LogP contribution in [-0.4, -0.2) is 23.4 Å². The van der Waals surface area contributed by atoms with Crippen LogP contribution in [0.2, 0.25) is 0 Å². The Labute approximate surface area is 268 Å². The van der Waals surface area contributed by atoms with Gasteiger partial charge < -0.3 is 4.90 Å². The number of hydrogen-bond acceptors (Lipinski definition) is 6. The Morgan fingerprint density at radius 2 is 0.804 bits per heavy atom. The van der Waals surface area contributed by atoms with Gasteiger partial charge in [-0.05, 0) is 60.7 Å². The second-order valence-corrected chi connectivity index (χ2v) is 12.5. The Kier molecular flexibility index (Phi) is 7.89. The van der Waals surface area contributed by atoms with E-state index >= 15 is 0 Å². The summed E-state index contributed by atoms with van der Waals surface area (Å²) in [5, 5.41) is 0. The van der Waals surface area contributed by atoms with Crippen LogP contribution in [0.3, 0.4) is 0 Å². The quantitative estimate of drug-likeness (QED) is 0.169. The van der Waals surface area contributed by atoms with Crippen molar-refractivity contribution in [3.8, 4) is 34.2 Å². The van der Waals surface area contributed by atoms with Gasteiger partial charge >= 0.3 is 0 Å². The molecule has 7 rings (SSSR count). The number of hydrogen-bond donors (Lipinski definition) is 0. The van der Waals surface area contributed by atoms with Crippen molar-refractivity contribution in [2.24, 2.45) is 0 Å². The van der Waals surface area contributed by atoms with E-state index in [9.17, 15) is 8.42 Å². The van der Waals surface area contributed by atoms with Gasteiger partial charge in [0.25, 0.3) is 0 Å². The van der Waals surface area contributed by atoms with E-state index in [2.05, 4.69) is 4.90 Å². The fourth-order valence-electron chi connectivity index (χ4n) is 5.30. The number of para-hydroxylation sites is 2. The van der Waals surface area contributed by atoms with Crippen molar-refractivity contribution in [1.82, 2.24) is 15.0 Å². The Morgan fingerprint density at radius 3 is 1.37 bits per heavy atom. The van der Waals surface area contributed by atoms with Gasteiger partial charge in [0.15, 0.2) is 17.5 Å². The molecule has 1 aromatic heterocycles. The first-order valence-corrected chi connectivity index (χ1v) is 16.3. The number of anilines is 3. The first kappa shape index (κ1) is 28.8. The highest BCUT2D eigenvalue weighted by molar-refractivity contribution is 7.91. The zero-order valence-corrected chi connectivity index (χ0v) is 25.5. The lowest BCUT2D eigenvalue weighted by Gasteiger charge is -2.27. The van der Waals surface area contributed by atoms with Crippen molar-refractivity contribution in [2.45, 2.75) is 9.79 Å². The highest BCUT2D eigenvalue weighted by atomic mass is 32.2. The molecule has 0 atom stereocenters. The van der Waals surface area contributed by atoms with Crippen LogP contribution in [0.25, 0.3) is 34.2 Å². The summed E-state index contributed by atoms with van der Waals surface area (Å²) in [4.78, 5) is 17.4. The van der Waals surface area contributed by atoms with Crippen LogP contribution >= 0.6 is 0 Å². The van der Waals surface area contributed by atoms with Crippen molar-refractivity contribution in [3.05, 3.63) is 170 Å². The highest BCUT2D eigenvalue weighted by Gasteiger charge is 2.22. The minimum atomic E-state index is -3.67. The zero-order valence-electron chi connectivity index (χ0n) is 24.7. The molecule has 0 fully saturated rings. The standard InChI is InChI=1S/C39H28N4O2S/c44-46(45,33-21-11-4-12-22-33)34-27-25-32(26-28-34)43(31-19-9-3-10-20-31)36-24-14-13-23-35(36)39-41-37(29-15-5-1-6-16-29)40-38(42-39)30-17-7-2-8-18-30/h1-28H. The molecule has 6 aromatic carbocycles. The van der Waals surface area contributed by atoms with Gasteiger partial charge in [-0.15, -0.1) is 0 Å². The minimum Gasteiger partial charge on any atom is -0.310 e. The van der Waals surface area contributed by atoms with E-state index in [-0.39, 0.29) is 9.79 Å². The third-order valence-electron chi connectivity index (χ3n) is 7.56. The van der Waals surface area contributed by atoms with Crippen molar-refractivity contribution >= 4 is 26.9 Å². The molecule has 0 N–H and O–H groups in total. The van der Waals surface area contributed by atoms with Crippen LogP contribution in [0.5, 0.6) is 0 Å². The molecule has 0 spiro atoms. The van der Waals surface area contributed by atoms with Crippen molar-refractivity contribution < 1.29 is 8.42 Å². The van der Waals surface area contributed by atoms with Crippen LogP contribution < -0.4 is 4.90 Å². The van der Waals surface area contributed by atoms with Gasteiger partial charge in [-0.1, -0.05) is 109 Å². The number of nitrogens with zero attached hydrogens (tertiary/aromatic N) is 4. The molecule has 0 bridgehead atoms. The lowest BCUT2D eigenvalue weighted by Crippen LogP contribution is -2.12. The summed E-state index contributed by atoms with van der Waals surface area (Å²) < 4.78 is 26.7. The predicted molar refractivity (Wildman–Crippen MR) is 183 cm³/mol. The molecule has 7 heteroatoms. The summed E-state index contributed by atoms with van der Waals surface area (Å²) in [5.74, 6) is 1.66. The molecule has 0 amide bonds.